The molecule has 0 spiro atoms. The Morgan fingerprint density at radius 1 is 0.351 bits per heavy atom. The van der Waals surface area contributed by atoms with E-state index in [2.05, 4.69) is 196 Å². The maximum Gasteiger partial charge on any atom is 0.0975 e. The molecular formula is C54H39N3. The molecule has 11 aromatic rings. The Labute approximate surface area is 331 Å². The number of rotatable bonds is 4. The van der Waals surface area contributed by atoms with Gasteiger partial charge in [0.15, 0.2) is 0 Å². The highest BCUT2D eigenvalue weighted by Crippen LogP contribution is 2.41. The lowest BCUT2D eigenvalue weighted by Crippen LogP contribution is -2.00. The van der Waals surface area contributed by atoms with Gasteiger partial charge in [0.05, 0.1) is 39.1 Å². The summed E-state index contributed by atoms with van der Waals surface area (Å²) in [6.07, 6.45) is 0. The van der Waals surface area contributed by atoms with Crippen LogP contribution in [0.5, 0.6) is 0 Å². The van der Waals surface area contributed by atoms with Crippen molar-refractivity contribution in [3.8, 4) is 39.3 Å². The Bertz CT molecular complexity index is 3400. The summed E-state index contributed by atoms with van der Waals surface area (Å²) in [7, 11) is 0. The second-order valence-electron chi connectivity index (χ2n) is 15.4. The van der Waals surface area contributed by atoms with Gasteiger partial charge in [-0.25, -0.2) is 9.97 Å². The normalized spacial score (nSPS) is 11.9. The molecule has 0 aliphatic rings. The molecule has 3 nitrogen and oxygen atoms in total. The van der Waals surface area contributed by atoms with Crippen LogP contribution >= 0.6 is 0 Å². The molecule has 57 heavy (non-hydrogen) atoms. The van der Waals surface area contributed by atoms with E-state index in [-0.39, 0.29) is 0 Å². The van der Waals surface area contributed by atoms with Gasteiger partial charge < -0.3 is 4.57 Å². The van der Waals surface area contributed by atoms with Gasteiger partial charge in [0, 0.05) is 38.1 Å². The molecule has 3 heteroatoms. The number of pyridine rings is 2. The zero-order valence-electron chi connectivity index (χ0n) is 32.4. The lowest BCUT2D eigenvalue weighted by Gasteiger charge is -2.18. The van der Waals surface area contributed by atoms with Crippen LogP contribution in [0.1, 0.15) is 22.3 Å². The number of benzene rings is 8. The number of hydrogen-bond acceptors (Lipinski definition) is 2. The van der Waals surface area contributed by atoms with Gasteiger partial charge in [-0.3, -0.25) is 0 Å². The van der Waals surface area contributed by atoms with E-state index in [4.69, 9.17) is 9.97 Å². The maximum atomic E-state index is 5.54. The average Bonchev–Trinajstić information content (AvgIpc) is 3.59. The molecule has 3 heterocycles. The van der Waals surface area contributed by atoms with Gasteiger partial charge >= 0.3 is 0 Å². The summed E-state index contributed by atoms with van der Waals surface area (Å²) in [6, 6.07) is 59.4. The van der Waals surface area contributed by atoms with Crippen molar-refractivity contribution in [1.29, 1.82) is 0 Å². The summed E-state index contributed by atoms with van der Waals surface area (Å²) in [6.45, 7) is 8.86. The van der Waals surface area contributed by atoms with Crippen LogP contribution < -0.4 is 0 Å². The van der Waals surface area contributed by atoms with Gasteiger partial charge in [-0.1, -0.05) is 140 Å². The topological polar surface area (TPSA) is 30.7 Å². The SMILES string of the molecule is Cc1c(-c2cccc(-c3cccc4c(-n5c6ccccc6c6ccccc65)cccc34)c2)nc2c(ccc3c(C)c(C)c(-c4cccc5ccccc45)nc32)c1C. The number of fused-ring (bicyclic) bond motifs is 8. The van der Waals surface area contributed by atoms with Crippen molar-refractivity contribution in [2.24, 2.45) is 0 Å². The fourth-order valence-corrected chi connectivity index (χ4v) is 9.29. The monoisotopic (exact) mass is 729 g/mol. The van der Waals surface area contributed by atoms with Crippen LogP contribution in [0.4, 0.5) is 0 Å². The van der Waals surface area contributed by atoms with E-state index in [1.807, 2.05) is 0 Å². The molecule has 0 N–H and O–H groups in total. The molecule has 0 bridgehead atoms. The average molecular weight is 730 g/mol. The lowest BCUT2D eigenvalue weighted by molar-refractivity contribution is 1.20. The predicted octanol–water partition coefficient (Wildman–Crippen LogP) is 14.4. The largest absolute Gasteiger partial charge is 0.309 e. The van der Waals surface area contributed by atoms with Crippen molar-refractivity contribution < 1.29 is 0 Å². The number of aromatic nitrogens is 3. The molecule has 0 atom stereocenters. The summed E-state index contributed by atoms with van der Waals surface area (Å²) in [4.78, 5) is 11.0. The number of para-hydroxylation sites is 2. The predicted molar refractivity (Wildman–Crippen MR) is 242 cm³/mol. The Hall–Kier alpha value is -7.10. The Morgan fingerprint density at radius 2 is 0.860 bits per heavy atom. The third-order valence-electron chi connectivity index (χ3n) is 12.5. The first-order valence-corrected chi connectivity index (χ1v) is 19.8. The minimum atomic E-state index is 0.946. The molecule has 0 fully saturated rings. The van der Waals surface area contributed by atoms with Gasteiger partial charge in [0.2, 0.25) is 0 Å². The van der Waals surface area contributed by atoms with Gasteiger partial charge in [0.1, 0.15) is 0 Å². The minimum absolute atomic E-state index is 0.946. The number of hydrogen-bond donors (Lipinski definition) is 0. The number of aryl methyl sites for hydroxylation is 2. The molecule has 8 aromatic carbocycles. The Morgan fingerprint density at radius 3 is 1.60 bits per heavy atom. The molecule has 0 radical (unpaired) electrons. The van der Waals surface area contributed by atoms with Crippen molar-refractivity contribution in [1.82, 2.24) is 14.5 Å². The van der Waals surface area contributed by atoms with Crippen LogP contribution in [0.3, 0.4) is 0 Å². The minimum Gasteiger partial charge on any atom is -0.309 e. The molecular weight excluding hydrogens is 691 g/mol. The van der Waals surface area contributed by atoms with Crippen LogP contribution in [-0.2, 0) is 0 Å². The van der Waals surface area contributed by atoms with Crippen LogP contribution in [0.25, 0.3) is 104 Å². The summed E-state index contributed by atoms with van der Waals surface area (Å²) in [5, 5.41) is 9.68. The van der Waals surface area contributed by atoms with Crippen molar-refractivity contribution in [2.75, 3.05) is 0 Å². The highest BCUT2D eigenvalue weighted by atomic mass is 15.0. The first-order valence-electron chi connectivity index (χ1n) is 19.8. The van der Waals surface area contributed by atoms with E-state index < -0.39 is 0 Å². The molecule has 0 aliphatic carbocycles. The first kappa shape index (κ1) is 33.3. The summed E-state index contributed by atoms with van der Waals surface area (Å²) >= 11 is 0. The van der Waals surface area contributed by atoms with Crippen LogP contribution in [0.15, 0.2) is 164 Å². The molecule has 0 unspecified atom stereocenters. The Kier molecular flexibility index (Phi) is 7.42. The maximum absolute atomic E-state index is 5.54. The molecule has 0 saturated carbocycles. The summed E-state index contributed by atoms with van der Waals surface area (Å²) in [5.41, 5.74) is 17.0. The highest BCUT2D eigenvalue weighted by Gasteiger charge is 2.20. The zero-order chi connectivity index (χ0) is 38.4. The molecule has 0 aliphatic heterocycles. The van der Waals surface area contributed by atoms with Crippen LogP contribution in [-0.4, -0.2) is 14.5 Å². The van der Waals surface area contributed by atoms with Crippen molar-refractivity contribution in [3.05, 3.63) is 186 Å². The zero-order valence-corrected chi connectivity index (χ0v) is 32.4. The fourth-order valence-electron chi connectivity index (χ4n) is 9.29. The molecule has 0 saturated heterocycles. The van der Waals surface area contributed by atoms with Crippen LogP contribution in [0, 0.1) is 27.7 Å². The van der Waals surface area contributed by atoms with Crippen molar-refractivity contribution in [3.63, 3.8) is 0 Å². The number of nitrogens with zero attached hydrogens (tertiary/aromatic N) is 3. The Balaban J connectivity index is 1.09. The van der Waals surface area contributed by atoms with Gasteiger partial charge in [-0.15, -0.1) is 0 Å². The lowest BCUT2D eigenvalue weighted by atomic mass is 9.92. The van der Waals surface area contributed by atoms with Gasteiger partial charge in [-0.05, 0) is 101 Å². The van der Waals surface area contributed by atoms with E-state index in [1.165, 1.54) is 76.9 Å². The molecule has 0 amide bonds. The van der Waals surface area contributed by atoms with Crippen molar-refractivity contribution >= 4 is 65.2 Å². The van der Waals surface area contributed by atoms with E-state index in [9.17, 15) is 0 Å². The smallest absolute Gasteiger partial charge is 0.0975 e. The van der Waals surface area contributed by atoms with Gasteiger partial charge in [-0.2, -0.15) is 0 Å². The molecule has 270 valence electrons. The quantitative estimate of drug-likeness (QED) is 0.169. The third kappa shape index (κ3) is 4.98. The van der Waals surface area contributed by atoms with E-state index in [0.717, 1.165) is 49.9 Å². The summed E-state index contributed by atoms with van der Waals surface area (Å²) in [5.74, 6) is 0. The van der Waals surface area contributed by atoms with E-state index in [0.29, 0.717) is 0 Å². The second-order valence-corrected chi connectivity index (χ2v) is 15.4. The molecule has 11 rings (SSSR count). The van der Waals surface area contributed by atoms with Crippen molar-refractivity contribution in [2.45, 2.75) is 27.7 Å². The fraction of sp³-hybridized carbons (Fsp3) is 0.0741. The third-order valence-corrected chi connectivity index (χ3v) is 12.5. The standard InChI is InChI=1S/C54H39N3/c1-32-34(3)51(55-53-39(32)29-30-40-33(2)35(4)52(56-54(40)53)47-25-12-16-36-15-5-6-19-41(36)47)38-18-11-17-37(31-38)42-22-13-24-44-43(42)23-14-28-50(44)57-48-26-9-7-20-45(48)46-21-8-10-27-49(46)57/h5-31H,1-4H3. The molecule has 3 aromatic heterocycles. The van der Waals surface area contributed by atoms with Gasteiger partial charge in [0.25, 0.3) is 0 Å². The summed E-state index contributed by atoms with van der Waals surface area (Å²) < 4.78 is 2.42. The highest BCUT2D eigenvalue weighted by molar-refractivity contribution is 6.12. The first-order chi connectivity index (χ1) is 28.0. The van der Waals surface area contributed by atoms with Crippen LogP contribution in [0.2, 0.25) is 0 Å². The van der Waals surface area contributed by atoms with E-state index >= 15 is 0 Å². The van der Waals surface area contributed by atoms with E-state index in [1.54, 1.807) is 0 Å². The second kappa shape index (κ2) is 12.7.